The van der Waals surface area contributed by atoms with Gasteiger partial charge in [-0.1, -0.05) is 12.1 Å². The van der Waals surface area contributed by atoms with Crippen molar-refractivity contribution in [3.8, 4) is 5.75 Å². The Bertz CT molecular complexity index is 855. The van der Waals surface area contributed by atoms with Crippen LogP contribution in [-0.4, -0.2) is 60.3 Å². The van der Waals surface area contributed by atoms with Crippen LogP contribution in [0.5, 0.6) is 5.75 Å². The maximum Gasteiger partial charge on any atom is 0.290 e. The van der Waals surface area contributed by atoms with E-state index in [9.17, 15) is 14.7 Å². The molecule has 2 aromatic rings. The number of ether oxygens (including phenoxy) is 2. The van der Waals surface area contributed by atoms with Gasteiger partial charge in [0.2, 0.25) is 5.78 Å². The summed E-state index contributed by atoms with van der Waals surface area (Å²) in [6.45, 7) is 0.275. The van der Waals surface area contributed by atoms with Crippen LogP contribution < -0.4 is 4.74 Å². The van der Waals surface area contributed by atoms with Gasteiger partial charge in [-0.25, -0.2) is 0 Å². The van der Waals surface area contributed by atoms with Crippen molar-refractivity contribution in [1.82, 2.24) is 4.90 Å². The molecule has 0 unspecified atom stereocenters. The predicted molar refractivity (Wildman–Crippen MR) is 98.0 cm³/mol. The van der Waals surface area contributed by atoms with Crippen molar-refractivity contribution in [2.45, 2.75) is 6.04 Å². The molecular weight excluding hydrogens is 366 g/mol. The number of hydrogen-bond donors (Lipinski definition) is 2. The van der Waals surface area contributed by atoms with E-state index in [-0.39, 0.29) is 37.7 Å². The lowest BCUT2D eigenvalue weighted by molar-refractivity contribution is -0.130. The summed E-state index contributed by atoms with van der Waals surface area (Å²) >= 11 is 0. The van der Waals surface area contributed by atoms with E-state index in [1.165, 1.54) is 24.3 Å². The average Bonchev–Trinajstić information content (AvgIpc) is 3.33. The molecule has 0 aliphatic carbocycles. The lowest BCUT2D eigenvalue weighted by Gasteiger charge is -2.26. The molecule has 0 radical (unpaired) electrons. The second-order valence-electron chi connectivity index (χ2n) is 6.08. The fourth-order valence-electron chi connectivity index (χ4n) is 3.12. The third kappa shape index (κ3) is 3.78. The number of aliphatic hydroxyl groups excluding tert-OH is 2. The lowest BCUT2D eigenvalue weighted by Crippen LogP contribution is -2.34. The SMILES string of the molecule is COc1ccc([C@@H]2C(C(=O)c3ccco3)=C(O)C(=O)N2CCOCCO)cc1. The third-order valence-corrected chi connectivity index (χ3v) is 4.44. The maximum absolute atomic E-state index is 12.9. The minimum Gasteiger partial charge on any atom is -0.503 e. The van der Waals surface area contributed by atoms with Gasteiger partial charge >= 0.3 is 0 Å². The second-order valence-corrected chi connectivity index (χ2v) is 6.08. The van der Waals surface area contributed by atoms with Crippen LogP contribution in [0.4, 0.5) is 0 Å². The van der Waals surface area contributed by atoms with E-state index in [4.69, 9.17) is 19.0 Å². The number of furan rings is 1. The summed E-state index contributed by atoms with van der Waals surface area (Å²) in [6, 6.07) is 9.12. The Balaban J connectivity index is 1.96. The number of Topliss-reactive ketones (excluding diaryl/α,β-unsaturated/α-hetero) is 1. The van der Waals surface area contributed by atoms with E-state index < -0.39 is 23.5 Å². The highest BCUT2D eigenvalue weighted by Crippen LogP contribution is 2.39. The highest BCUT2D eigenvalue weighted by atomic mass is 16.5. The number of nitrogens with zero attached hydrogens (tertiary/aromatic N) is 1. The number of benzene rings is 1. The summed E-state index contributed by atoms with van der Waals surface area (Å²) in [6.07, 6.45) is 1.35. The molecule has 2 heterocycles. The normalized spacial score (nSPS) is 16.7. The van der Waals surface area contributed by atoms with Crippen molar-refractivity contribution in [3.63, 3.8) is 0 Å². The number of methoxy groups -OCH3 is 1. The van der Waals surface area contributed by atoms with Crippen molar-refractivity contribution in [3.05, 3.63) is 65.3 Å². The summed E-state index contributed by atoms with van der Waals surface area (Å²) in [7, 11) is 1.54. The molecule has 2 N–H and O–H groups in total. The highest BCUT2D eigenvalue weighted by molar-refractivity contribution is 6.15. The van der Waals surface area contributed by atoms with E-state index in [0.717, 1.165) is 0 Å². The van der Waals surface area contributed by atoms with Gasteiger partial charge in [-0.2, -0.15) is 0 Å². The Labute approximate surface area is 161 Å². The molecule has 0 fully saturated rings. The van der Waals surface area contributed by atoms with Crippen LogP contribution in [0.1, 0.15) is 22.2 Å². The monoisotopic (exact) mass is 387 g/mol. The van der Waals surface area contributed by atoms with Gasteiger partial charge in [0, 0.05) is 6.54 Å². The number of ketones is 1. The molecule has 1 aliphatic heterocycles. The summed E-state index contributed by atoms with van der Waals surface area (Å²) in [5, 5.41) is 19.3. The molecule has 1 aliphatic rings. The van der Waals surface area contributed by atoms with E-state index in [1.807, 2.05) is 0 Å². The van der Waals surface area contributed by atoms with Crippen LogP contribution in [0, 0.1) is 0 Å². The molecule has 8 nitrogen and oxygen atoms in total. The van der Waals surface area contributed by atoms with Crippen LogP contribution in [0.15, 0.2) is 58.4 Å². The first-order chi connectivity index (χ1) is 13.6. The Hall–Kier alpha value is -3.10. The van der Waals surface area contributed by atoms with E-state index in [1.54, 1.807) is 30.3 Å². The van der Waals surface area contributed by atoms with Crippen LogP contribution in [0.25, 0.3) is 0 Å². The standard InChI is InChI=1S/C20H21NO7/c1-26-14-6-4-13(5-7-14)17-16(18(23)15-3-2-10-28-15)19(24)20(25)21(17)8-11-27-12-9-22/h2-7,10,17,22,24H,8-9,11-12H2,1H3/t17-/m1/s1. The quantitative estimate of drug-likeness (QED) is 0.499. The van der Waals surface area contributed by atoms with Crippen molar-refractivity contribution in [2.24, 2.45) is 0 Å². The molecule has 1 amide bonds. The van der Waals surface area contributed by atoms with Gasteiger partial charge in [0.25, 0.3) is 5.91 Å². The smallest absolute Gasteiger partial charge is 0.290 e. The topological polar surface area (TPSA) is 109 Å². The molecular formula is C20H21NO7. The van der Waals surface area contributed by atoms with Crippen molar-refractivity contribution >= 4 is 11.7 Å². The van der Waals surface area contributed by atoms with Crippen LogP contribution >= 0.6 is 0 Å². The molecule has 0 spiro atoms. The van der Waals surface area contributed by atoms with Crippen molar-refractivity contribution in [1.29, 1.82) is 0 Å². The molecule has 1 atom stereocenters. The van der Waals surface area contributed by atoms with E-state index in [2.05, 4.69) is 0 Å². The number of carbonyl (C=O) groups is 2. The van der Waals surface area contributed by atoms with E-state index >= 15 is 0 Å². The Kier molecular flexibility index (Phi) is 6.13. The molecule has 1 aromatic heterocycles. The summed E-state index contributed by atoms with van der Waals surface area (Å²) in [5.41, 5.74) is 0.586. The molecule has 0 bridgehead atoms. The van der Waals surface area contributed by atoms with Gasteiger partial charge < -0.3 is 29.0 Å². The molecule has 3 rings (SSSR count). The molecule has 28 heavy (non-hydrogen) atoms. The zero-order valence-corrected chi connectivity index (χ0v) is 15.3. The maximum atomic E-state index is 12.9. The molecule has 0 saturated heterocycles. The first-order valence-corrected chi connectivity index (χ1v) is 8.73. The largest absolute Gasteiger partial charge is 0.503 e. The van der Waals surface area contributed by atoms with Crippen LogP contribution in [-0.2, 0) is 9.53 Å². The van der Waals surface area contributed by atoms with E-state index in [0.29, 0.717) is 11.3 Å². The lowest BCUT2D eigenvalue weighted by atomic mass is 9.95. The fraction of sp³-hybridized carbons (Fsp3) is 0.300. The first-order valence-electron chi connectivity index (χ1n) is 8.73. The van der Waals surface area contributed by atoms with Gasteiger partial charge in [0.1, 0.15) is 5.75 Å². The predicted octanol–water partition coefficient (Wildman–Crippen LogP) is 1.88. The average molecular weight is 387 g/mol. The molecule has 0 saturated carbocycles. The zero-order valence-electron chi connectivity index (χ0n) is 15.3. The minimum absolute atomic E-state index is 0.0336. The van der Waals surface area contributed by atoms with Gasteiger partial charge in [-0.15, -0.1) is 0 Å². The number of carbonyl (C=O) groups excluding carboxylic acids is 2. The minimum atomic E-state index is -0.797. The number of rotatable bonds is 9. The zero-order chi connectivity index (χ0) is 20.1. The van der Waals surface area contributed by atoms with Gasteiger partial charge in [0.05, 0.1) is 44.8 Å². The van der Waals surface area contributed by atoms with Gasteiger partial charge in [0.15, 0.2) is 11.5 Å². The summed E-state index contributed by atoms with van der Waals surface area (Å²) < 4.78 is 15.6. The molecule has 148 valence electrons. The third-order valence-electron chi connectivity index (χ3n) is 4.44. The Morgan fingerprint density at radius 1 is 1.21 bits per heavy atom. The summed E-state index contributed by atoms with van der Waals surface area (Å²) in [5.74, 6) is -1.17. The van der Waals surface area contributed by atoms with Crippen LogP contribution in [0.3, 0.4) is 0 Å². The first kappa shape index (κ1) is 19.7. The number of hydrogen-bond acceptors (Lipinski definition) is 7. The van der Waals surface area contributed by atoms with Gasteiger partial charge in [-0.3, -0.25) is 9.59 Å². The molecule has 8 heteroatoms. The summed E-state index contributed by atoms with van der Waals surface area (Å²) in [4.78, 5) is 26.9. The van der Waals surface area contributed by atoms with Crippen molar-refractivity contribution < 1.29 is 33.7 Å². The van der Waals surface area contributed by atoms with Gasteiger partial charge in [-0.05, 0) is 29.8 Å². The van der Waals surface area contributed by atoms with Crippen molar-refractivity contribution in [2.75, 3.05) is 33.5 Å². The van der Waals surface area contributed by atoms with Crippen LogP contribution in [0.2, 0.25) is 0 Å². The second kappa shape index (κ2) is 8.73. The number of amides is 1. The number of aliphatic hydroxyl groups is 2. The molecule has 1 aromatic carbocycles. The highest BCUT2D eigenvalue weighted by Gasteiger charge is 2.44. The fourth-order valence-corrected chi connectivity index (χ4v) is 3.12. The Morgan fingerprint density at radius 3 is 2.57 bits per heavy atom. The Morgan fingerprint density at radius 2 is 1.96 bits per heavy atom.